The molecular weight excluding hydrogens is 174 g/mol. The molecule has 0 aliphatic heterocycles. The Morgan fingerprint density at radius 2 is 2.18 bits per heavy atom. The SMILES string of the molecule is CC(=O)OC(C)C(Cl)[N+](=O)[O-]. The minimum atomic E-state index is -1.38. The number of carbonyl (C=O) groups is 1. The molecule has 0 heterocycles. The summed E-state index contributed by atoms with van der Waals surface area (Å²) in [5.41, 5.74) is -1.38. The van der Waals surface area contributed by atoms with E-state index in [1.165, 1.54) is 13.8 Å². The van der Waals surface area contributed by atoms with Crippen molar-refractivity contribution in [2.75, 3.05) is 0 Å². The normalized spacial score (nSPS) is 15.2. The molecular formula is C5H8ClNO4. The van der Waals surface area contributed by atoms with Crippen molar-refractivity contribution in [2.24, 2.45) is 0 Å². The number of alkyl halides is 1. The molecule has 0 aromatic heterocycles. The van der Waals surface area contributed by atoms with Crippen molar-refractivity contribution >= 4 is 17.6 Å². The Morgan fingerprint density at radius 3 is 2.45 bits per heavy atom. The number of hydrogen-bond acceptors (Lipinski definition) is 4. The third-order valence-electron chi connectivity index (χ3n) is 0.941. The summed E-state index contributed by atoms with van der Waals surface area (Å²) in [5, 5.41) is 10.0. The van der Waals surface area contributed by atoms with Crippen molar-refractivity contribution in [3.05, 3.63) is 10.1 Å². The van der Waals surface area contributed by atoms with Gasteiger partial charge in [-0.15, -0.1) is 0 Å². The molecule has 11 heavy (non-hydrogen) atoms. The standard InChI is InChI=1S/C5H8ClNO4/c1-3(11-4(2)8)5(6)7(9)10/h3,5H,1-2H3. The Morgan fingerprint density at radius 1 is 1.73 bits per heavy atom. The summed E-state index contributed by atoms with van der Waals surface area (Å²) < 4.78 is 4.46. The Bertz CT molecular complexity index is 172. The van der Waals surface area contributed by atoms with Crippen LogP contribution in [-0.4, -0.2) is 22.5 Å². The van der Waals surface area contributed by atoms with E-state index >= 15 is 0 Å². The van der Waals surface area contributed by atoms with Gasteiger partial charge in [-0.1, -0.05) is 0 Å². The highest BCUT2D eigenvalue weighted by Gasteiger charge is 2.26. The number of nitrogens with zero attached hydrogens (tertiary/aromatic N) is 1. The van der Waals surface area contributed by atoms with Crippen LogP contribution in [0.25, 0.3) is 0 Å². The lowest BCUT2D eigenvalue weighted by Crippen LogP contribution is -2.29. The molecule has 0 aromatic carbocycles. The van der Waals surface area contributed by atoms with Crippen LogP contribution in [-0.2, 0) is 9.53 Å². The molecule has 2 unspecified atom stereocenters. The highest BCUT2D eigenvalue weighted by atomic mass is 35.5. The molecule has 0 aromatic rings. The van der Waals surface area contributed by atoms with Gasteiger partial charge in [0, 0.05) is 11.8 Å². The largest absolute Gasteiger partial charge is 0.454 e. The van der Waals surface area contributed by atoms with E-state index in [-0.39, 0.29) is 0 Å². The van der Waals surface area contributed by atoms with E-state index in [2.05, 4.69) is 4.74 Å². The van der Waals surface area contributed by atoms with Crippen molar-refractivity contribution in [1.29, 1.82) is 0 Å². The predicted molar refractivity (Wildman–Crippen MR) is 37.9 cm³/mol. The van der Waals surface area contributed by atoms with Gasteiger partial charge in [-0.05, 0) is 18.5 Å². The lowest BCUT2D eigenvalue weighted by Gasteiger charge is -2.10. The summed E-state index contributed by atoms with van der Waals surface area (Å²) in [6, 6.07) is 0. The second-order valence-electron chi connectivity index (χ2n) is 1.97. The molecule has 0 rings (SSSR count). The first-order chi connectivity index (χ1) is 4.95. The number of hydrogen-bond donors (Lipinski definition) is 0. The van der Waals surface area contributed by atoms with Gasteiger partial charge in [0.1, 0.15) is 0 Å². The molecule has 0 amide bonds. The minimum absolute atomic E-state index is 0.579. The van der Waals surface area contributed by atoms with Crippen molar-refractivity contribution in [2.45, 2.75) is 25.5 Å². The zero-order valence-corrected chi connectivity index (χ0v) is 6.87. The van der Waals surface area contributed by atoms with E-state index in [1.54, 1.807) is 0 Å². The summed E-state index contributed by atoms with van der Waals surface area (Å²) in [6.45, 7) is 2.53. The molecule has 0 bridgehead atoms. The molecule has 5 nitrogen and oxygen atoms in total. The van der Waals surface area contributed by atoms with Gasteiger partial charge >= 0.3 is 11.5 Å². The lowest BCUT2D eigenvalue weighted by molar-refractivity contribution is -0.508. The second-order valence-corrected chi connectivity index (χ2v) is 2.42. The summed E-state index contributed by atoms with van der Waals surface area (Å²) >= 11 is 5.23. The van der Waals surface area contributed by atoms with Crippen LogP contribution in [0.1, 0.15) is 13.8 Å². The average molecular weight is 182 g/mol. The maximum absolute atomic E-state index is 10.3. The Labute approximate surface area is 68.4 Å². The molecule has 0 N–H and O–H groups in total. The van der Waals surface area contributed by atoms with Crippen LogP contribution in [0, 0.1) is 10.1 Å². The fourth-order valence-corrected chi connectivity index (χ4v) is 0.541. The highest BCUT2D eigenvalue weighted by Crippen LogP contribution is 2.06. The van der Waals surface area contributed by atoms with Crippen molar-refractivity contribution < 1.29 is 14.5 Å². The highest BCUT2D eigenvalue weighted by molar-refractivity contribution is 6.19. The first kappa shape index (κ1) is 10.2. The summed E-state index contributed by atoms with van der Waals surface area (Å²) in [6.07, 6.45) is -0.899. The summed E-state index contributed by atoms with van der Waals surface area (Å²) in [7, 11) is 0. The molecule has 0 saturated carbocycles. The van der Waals surface area contributed by atoms with Gasteiger partial charge in [0.2, 0.25) is 0 Å². The Hall–Kier alpha value is -0.840. The van der Waals surface area contributed by atoms with Gasteiger partial charge in [0.25, 0.3) is 0 Å². The van der Waals surface area contributed by atoms with E-state index in [9.17, 15) is 14.9 Å². The van der Waals surface area contributed by atoms with Gasteiger partial charge in [0.05, 0.1) is 0 Å². The van der Waals surface area contributed by atoms with Crippen molar-refractivity contribution in [1.82, 2.24) is 0 Å². The van der Waals surface area contributed by atoms with E-state index in [0.29, 0.717) is 0 Å². The molecule has 0 saturated heterocycles. The first-order valence-electron chi connectivity index (χ1n) is 2.90. The third-order valence-corrected chi connectivity index (χ3v) is 1.45. The fraction of sp³-hybridized carbons (Fsp3) is 0.800. The number of carbonyl (C=O) groups excluding carboxylic acids is 1. The van der Waals surface area contributed by atoms with Crippen LogP contribution in [0.15, 0.2) is 0 Å². The number of halogens is 1. The quantitative estimate of drug-likeness (QED) is 0.212. The maximum Gasteiger partial charge on any atom is 0.322 e. The number of ether oxygens (including phenoxy) is 1. The van der Waals surface area contributed by atoms with Gasteiger partial charge in [-0.25, -0.2) is 0 Å². The van der Waals surface area contributed by atoms with Crippen LogP contribution in [0.5, 0.6) is 0 Å². The lowest BCUT2D eigenvalue weighted by atomic mass is 10.4. The number of rotatable bonds is 3. The van der Waals surface area contributed by atoms with E-state index < -0.39 is 22.5 Å². The van der Waals surface area contributed by atoms with Crippen LogP contribution >= 0.6 is 11.6 Å². The minimum Gasteiger partial charge on any atom is -0.454 e. The van der Waals surface area contributed by atoms with Gasteiger partial charge < -0.3 is 4.74 Å². The van der Waals surface area contributed by atoms with Gasteiger partial charge in [-0.2, -0.15) is 0 Å². The van der Waals surface area contributed by atoms with Crippen molar-refractivity contribution in [3.63, 3.8) is 0 Å². The van der Waals surface area contributed by atoms with Gasteiger partial charge in [-0.3, -0.25) is 14.9 Å². The molecule has 6 heteroatoms. The van der Waals surface area contributed by atoms with Crippen LogP contribution in [0.4, 0.5) is 0 Å². The van der Waals surface area contributed by atoms with Crippen LogP contribution < -0.4 is 0 Å². The average Bonchev–Trinajstić information content (AvgIpc) is 1.84. The molecule has 0 radical (unpaired) electrons. The topological polar surface area (TPSA) is 69.4 Å². The first-order valence-corrected chi connectivity index (χ1v) is 3.33. The molecule has 0 aliphatic rings. The van der Waals surface area contributed by atoms with E-state index in [4.69, 9.17) is 11.6 Å². The van der Waals surface area contributed by atoms with E-state index in [0.717, 1.165) is 0 Å². The zero-order chi connectivity index (χ0) is 9.02. The van der Waals surface area contributed by atoms with Crippen LogP contribution in [0.3, 0.4) is 0 Å². The summed E-state index contributed by atoms with van der Waals surface area (Å²) in [5.74, 6) is -0.579. The Balaban J connectivity index is 3.92. The monoisotopic (exact) mass is 181 g/mol. The molecule has 64 valence electrons. The molecule has 0 fully saturated rings. The molecule has 0 spiro atoms. The fourth-order valence-electron chi connectivity index (χ4n) is 0.489. The van der Waals surface area contributed by atoms with E-state index in [1.807, 2.05) is 0 Å². The zero-order valence-electron chi connectivity index (χ0n) is 6.11. The smallest absolute Gasteiger partial charge is 0.322 e. The molecule has 0 aliphatic carbocycles. The predicted octanol–water partition coefficient (Wildman–Crippen LogP) is 0.780. The number of esters is 1. The summed E-state index contributed by atoms with van der Waals surface area (Å²) in [4.78, 5) is 19.6. The van der Waals surface area contributed by atoms with Crippen molar-refractivity contribution in [3.8, 4) is 0 Å². The maximum atomic E-state index is 10.3. The molecule has 2 atom stereocenters. The van der Waals surface area contributed by atoms with Crippen LogP contribution in [0.2, 0.25) is 0 Å². The Kier molecular flexibility index (Phi) is 3.81. The third kappa shape index (κ3) is 3.77. The van der Waals surface area contributed by atoms with Gasteiger partial charge in [0.15, 0.2) is 6.10 Å². The number of nitro groups is 1. The second kappa shape index (κ2) is 4.12.